The maximum absolute atomic E-state index is 5.22. The van der Waals surface area contributed by atoms with Gasteiger partial charge in [-0.05, 0) is 37.3 Å². The van der Waals surface area contributed by atoms with Crippen LogP contribution in [0.3, 0.4) is 0 Å². The molecule has 0 heterocycles. The normalized spacial score (nSPS) is 10.3. The highest BCUT2D eigenvalue weighted by Crippen LogP contribution is 2.21. The van der Waals surface area contributed by atoms with Gasteiger partial charge in [0, 0.05) is 16.6 Å². The number of nitrogens with zero attached hydrogens (tertiary/aromatic N) is 1. The zero-order chi connectivity index (χ0) is 12.7. The van der Waals surface area contributed by atoms with Crippen LogP contribution in [0.4, 0.5) is 0 Å². The van der Waals surface area contributed by atoms with Gasteiger partial charge in [-0.25, -0.2) is 0 Å². The first kappa shape index (κ1) is 13.9. The van der Waals surface area contributed by atoms with E-state index in [9.17, 15) is 0 Å². The molecule has 0 spiro atoms. The largest absolute Gasteiger partial charge is 0.496 e. The summed E-state index contributed by atoms with van der Waals surface area (Å²) in [7, 11) is 1.62. The minimum atomic E-state index is 0.498. The average molecular weight is 316 g/mol. The summed E-state index contributed by atoms with van der Waals surface area (Å²) in [5, 5.41) is 7.47. The van der Waals surface area contributed by atoms with Crippen molar-refractivity contribution in [3.05, 3.63) is 28.2 Å². The second-order valence-electron chi connectivity index (χ2n) is 3.12. The predicted octanol–water partition coefficient (Wildman–Crippen LogP) is 2.28. The molecule has 0 saturated heterocycles. The Bertz CT molecular complexity index is 423. The summed E-state index contributed by atoms with van der Waals surface area (Å²) >= 11 is 8.37. The van der Waals surface area contributed by atoms with E-state index in [1.54, 1.807) is 13.3 Å². The third-order valence-electron chi connectivity index (χ3n) is 1.90. The van der Waals surface area contributed by atoms with Gasteiger partial charge in [0.15, 0.2) is 5.11 Å². The van der Waals surface area contributed by atoms with Gasteiger partial charge in [0.25, 0.3) is 0 Å². The Hall–Kier alpha value is -1.14. The van der Waals surface area contributed by atoms with E-state index >= 15 is 0 Å². The van der Waals surface area contributed by atoms with Crippen molar-refractivity contribution in [2.24, 2.45) is 5.10 Å². The molecule has 0 atom stereocenters. The highest BCUT2D eigenvalue weighted by Gasteiger charge is 2.00. The van der Waals surface area contributed by atoms with Crippen LogP contribution in [0.15, 0.2) is 27.8 Å². The van der Waals surface area contributed by atoms with Gasteiger partial charge in [0.05, 0.1) is 13.3 Å². The van der Waals surface area contributed by atoms with Crippen molar-refractivity contribution in [3.8, 4) is 5.75 Å². The highest BCUT2D eigenvalue weighted by atomic mass is 79.9. The molecular weight excluding hydrogens is 302 g/mol. The fraction of sp³-hybridized carbons (Fsp3) is 0.273. The van der Waals surface area contributed by atoms with Crippen LogP contribution >= 0.6 is 28.1 Å². The summed E-state index contributed by atoms with van der Waals surface area (Å²) in [6.07, 6.45) is 1.66. The van der Waals surface area contributed by atoms with E-state index in [4.69, 9.17) is 17.0 Å². The van der Waals surface area contributed by atoms with Gasteiger partial charge in [-0.2, -0.15) is 5.10 Å². The number of benzene rings is 1. The van der Waals surface area contributed by atoms with E-state index in [0.717, 1.165) is 22.3 Å². The number of hydrogen-bond acceptors (Lipinski definition) is 3. The summed E-state index contributed by atoms with van der Waals surface area (Å²) < 4.78 is 6.18. The summed E-state index contributed by atoms with van der Waals surface area (Å²) in [4.78, 5) is 0. The number of nitrogens with one attached hydrogen (secondary N) is 2. The molecule has 0 aliphatic heterocycles. The zero-order valence-corrected chi connectivity index (χ0v) is 12.1. The minimum Gasteiger partial charge on any atom is -0.496 e. The minimum absolute atomic E-state index is 0.498. The van der Waals surface area contributed by atoms with Crippen LogP contribution in [0.2, 0.25) is 0 Å². The molecule has 0 unspecified atom stereocenters. The van der Waals surface area contributed by atoms with Gasteiger partial charge in [-0.3, -0.25) is 5.43 Å². The second kappa shape index (κ2) is 7.24. The summed E-state index contributed by atoms with van der Waals surface area (Å²) in [6.45, 7) is 2.73. The second-order valence-corrected chi connectivity index (χ2v) is 4.44. The number of hydrogen-bond donors (Lipinski definition) is 2. The van der Waals surface area contributed by atoms with E-state index in [1.807, 2.05) is 25.1 Å². The Morgan fingerprint density at radius 1 is 1.59 bits per heavy atom. The lowest BCUT2D eigenvalue weighted by Crippen LogP contribution is -2.31. The Morgan fingerprint density at radius 2 is 2.35 bits per heavy atom. The van der Waals surface area contributed by atoms with Crippen molar-refractivity contribution in [2.75, 3.05) is 13.7 Å². The van der Waals surface area contributed by atoms with E-state index in [2.05, 4.69) is 31.8 Å². The number of rotatable bonds is 4. The number of hydrazone groups is 1. The molecule has 4 nitrogen and oxygen atoms in total. The first-order valence-electron chi connectivity index (χ1n) is 5.07. The maximum atomic E-state index is 5.22. The van der Waals surface area contributed by atoms with Crippen LogP contribution in [-0.4, -0.2) is 25.0 Å². The van der Waals surface area contributed by atoms with E-state index in [1.165, 1.54) is 0 Å². The van der Waals surface area contributed by atoms with Crippen molar-refractivity contribution in [2.45, 2.75) is 6.92 Å². The Balaban J connectivity index is 2.70. The lowest BCUT2D eigenvalue weighted by Gasteiger charge is -2.05. The molecule has 0 aromatic heterocycles. The van der Waals surface area contributed by atoms with Gasteiger partial charge in [-0.1, -0.05) is 15.9 Å². The molecule has 0 radical (unpaired) electrons. The Kier molecular flexibility index (Phi) is 5.93. The van der Waals surface area contributed by atoms with Crippen molar-refractivity contribution >= 4 is 39.5 Å². The van der Waals surface area contributed by atoms with E-state index in [0.29, 0.717) is 5.11 Å². The Morgan fingerprint density at radius 3 is 3.00 bits per heavy atom. The van der Waals surface area contributed by atoms with Crippen LogP contribution < -0.4 is 15.5 Å². The third-order valence-corrected chi connectivity index (χ3v) is 2.63. The molecule has 0 aliphatic rings. The molecule has 1 aromatic rings. The van der Waals surface area contributed by atoms with Gasteiger partial charge >= 0.3 is 0 Å². The molecule has 0 fully saturated rings. The lowest BCUT2D eigenvalue weighted by atomic mass is 10.2. The molecule has 1 aromatic carbocycles. The molecule has 0 aliphatic carbocycles. The van der Waals surface area contributed by atoms with Crippen molar-refractivity contribution < 1.29 is 4.74 Å². The summed E-state index contributed by atoms with van der Waals surface area (Å²) in [5.74, 6) is 0.758. The molecule has 6 heteroatoms. The van der Waals surface area contributed by atoms with Gasteiger partial charge < -0.3 is 10.1 Å². The van der Waals surface area contributed by atoms with Crippen LogP contribution in [-0.2, 0) is 0 Å². The van der Waals surface area contributed by atoms with Crippen LogP contribution in [0.25, 0.3) is 0 Å². The Labute approximate surface area is 115 Å². The summed E-state index contributed by atoms with van der Waals surface area (Å²) in [6, 6.07) is 5.70. The van der Waals surface area contributed by atoms with Gasteiger partial charge in [0.1, 0.15) is 5.75 Å². The monoisotopic (exact) mass is 315 g/mol. The third kappa shape index (κ3) is 4.70. The van der Waals surface area contributed by atoms with E-state index in [-0.39, 0.29) is 0 Å². The molecule has 92 valence electrons. The first-order chi connectivity index (χ1) is 8.17. The van der Waals surface area contributed by atoms with Crippen molar-refractivity contribution in [1.82, 2.24) is 10.7 Å². The predicted molar refractivity (Wildman–Crippen MR) is 77.7 cm³/mol. The van der Waals surface area contributed by atoms with Crippen LogP contribution in [0.1, 0.15) is 12.5 Å². The molecule has 1 rings (SSSR count). The van der Waals surface area contributed by atoms with Gasteiger partial charge in [-0.15, -0.1) is 0 Å². The fourth-order valence-electron chi connectivity index (χ4n) is 1.17. The smallest absolute Gasteiger partial charge is 0.186 e. The van der Waals surface area contributed by atoms with Crippen molar-refractivity contribution in [3.63, 3.8) is 0 Å². The average Bonchev–Trinajstić information content (AvgIpc) is 2.30. The lowest BCUT2D eigenvalue weighted by molar-refractivity contribution is 0.414. The van der Waals surface area contributed by atoms with Crippen LogP contribution in [0, 0.1) is 0 Å². The van der Waals surface area contributed by atoms with E-state index < -0.39 is 0 Å². The molecule has 0 saturated carbocycles. The molecule has 0 amide bonds. The molecule has 0 bridgehead atoms. The van der Waals surface area contributed by atoms with Crippen LogP contribution in [0.5, 0.6) is 5.75 Å². The summed E-state index contributed by atoms with van der Waals surface area (Å²) in [5.41, 5.74) is 3.59. The molecule has 2 N–H and O–H groups in total. The molecular formula is C11H14BrN3OS. The highest BCUT2D eigenvalue weighted by molar-refractivity contribution is 9.10. The SMILES string of the molecule is CCNC(=S)NN=Cc1cc(Br)ccc1OC. The first-order valence-corrected chi connectivity index (χ1v) is 6.28. The standard InChI is InChI=1S/C11H14BrN3OS/c1-3-13-11(17)15-14-7-8-6-9(12)4-5-10(8)16-2/h4-7H,3H2,1-2H3,(H2,13,15,17). The number of ether oxygens (including phenoxy) is 1. The number of thiocarbonyl (C=S) groups is 1. The molecule has 17 heavy (non-hydrogen) atoms. The number of halogens is 1. The maximum Gasteiger partial charge on any atom is 0.186 e. The quantitative estimate of drug-likeness (QED) is 0.508. The number of methoxy groups -OCH3 is 1. The van der Waals surface area contributed by atoms with Gasteiger partial charge in [0.2, 0.25) is 0 Å². The van der Waals surface area contributed by atoms with Crippen molar-refractivity contribution in [1.29, 1.82) is 0 Å². The zero-order valence-electron chi connectivity index (χ0n) is 9.66. The topological polar surface area (TPSA) is 45.7 Å². The fourth-order valence-corrected chi connectivity index (χ4v) is 1.74.